The molecule has 1 heterocycles. The van der Waals surface area contributed by atoms with E-state index < -0.39 is 11.4 Å². The van der Waals surface area contributed by atoms with Crippen LogP contribution < -0.4 is 10.1 Å². The van der Waals surface area contributed by atoms with Gasteiger partial charge in [0.25, 0.3) is 0 Å². The number of rotatable bonds is 4. The molecular weight excluding hydrogens is 328 g/mol. The zero-order valence-corrected chi connectivity index (χ0v) is 14.7. The third-order valence-corrected chi connectivity index (χ3v) is 5.98. The first-order valence-electron chi connectivity index (χ1n) is 8.01. The molecular formula is C17H22N2O4S. The van der Waals surface area contributed by atoms with E-state index >= 15 is 0 Å². The quantitative estimate of drug-likeness (QED) is 0.816. The molecule has 0 bridgehead atoms. The van der Waals surface area contributed by atoms with Crippen LogP contribution in [-0.4, -0.2) is 48.5 Å². The van der Waals surface area contributed by atoms with E-state index in [9.17, 15) is 14.7 Å². The first-order chi connectivity index (χ1) is 11.5. The fourth-order valence-electron chi connectivity index (χ4n) is 3.91. The van der Waals surface area contributed by atoms with Crippen molar-refractivity contribution in [2.75, 3.05) is 31.8 Å². The number of ether oxygens (including phenoxy) is 1. The highest BCUT2D eigenvalue weighted by Crippen LogP contribution is 2.49. The number of carbonyl (C=O) groups excluding carboxylic acids is 1. The summed E-state index contributed by atoms with van der Waals surface area (Å²) in [5, 5.41) is 12.5. The number of likely N-dealkylation sites (tertiary alicyclic amines) is 1. The molecule has 1 saturated heterocycles. The van der Waals surface area contributed by atoms with Crippen molar-refractivity contribution >= 4 is 29.4 Å². The Morgan fingerprint density at radius 1 is 1.46 bits per heavy atom. The summed E-state index contributed by atoms with van der Waals surface area (Å²) in [5.41, 5.74) is -0.0617. The molecule has 0 unspecified atom stereocenters. The maximum atomic E-state index is 12.5. The average Bonchev–Trinajstić information content (AvgIpc) is 3.13. The standard InChI is InChI=1S/C17H22N2O4S/c1-23-13-6-5-12(8-14(13)24-2)18-16(22)19-9-11-4-3-7-17(11,10-19)15(20)21/h5-6,8,11H,3-4,7,9-10H2,1-2H3,(H,18,22)(H,20,21)/t11-,17+/m0/s1. The Bertz CT molecular complexity index is 666. The number of nitrogens with one attached hydrogen (secondary N) is 1. The van der Waals surface area contributed by atoms with Crippen molar-refractivity contribution in [1.29, 1.82) is 0 Å². The molecule has 2 N–H and O–H groups in total. The minimum atomic E-state index is -0.769. The van der Waals surface area contributed by atoms with Gasteiger partial charge in [0.15, 0.2) is 0 Å². The third-order valence-electron chi connectivity index (χ3n) is 5.22. The zero-order chi connectivity index (χ0) is 17.3. The number of carboxylic acid groups (broad SMARTS) is 1. The number of carboxylic acids is 1. The van der Waals surface area contributed by atoms with E-state index in [1.54, 1.807) is 29.8 Å². The van der Waals surface area contributed by atoms with E-state index in [0.717, 1.165) is 23.5 Å². The molecule has 2 aliphatic rings. The van der Waals surface area contributed by atoms with Crippen molar-refractivity contribution in [3.8, 4) is 5.75 Å². The summed E-state index contributed by atoms with van der Waals surface area (Å²) < 4.78 is 5.28. The minimum Gasteiger partial charge on any atom is -0.496 e. The number of hydrogen-bond acceptors (Lipinski definition) is 4. The molecule has 6 nitrogen and oxygen atoms in total. The van der Waals surface area contributed by atoms with Gasteiger partial charge < -0.3 is 20.1 Å². The number of fused-ring (bicyclic) bond motifs is 1. The molecule has 24 heavy (non-hydrogen) atoms. The van der Waals surface area contributed by atoms with Crippen molar-refractivity contribution in [1.82, 2.24) is 4.90 Å². The van der Waals surface area contributed by atoms with Crippen LogP contribution in [0.1, 0.15) is 19.3 Å². The second kappa shape index (κ2) is 6.55. The van der Waals surface area contributed by atoms with E-state index in [1.165, 1.54) is 0 Å². The van der Waals surface area contributed by atoms with Crippen LogP contribution in [0.4, 0.5) is 10.5 Å². The summed E-state index contributed by atoms with van der Waals surface area (Å²) in [6.07, 6.45) is 4.43. The van der Waals surface area contributed by atoms with Gasteiger partial charge in [-0.15, -0.1) is 11.8 Å². The first kappa shape index (κ1) is 17.0. The molecule has 1 aromatic rings. The van der Waals surface area contributed by atoms with E-state index in [1.807, 2.05) is 18.4 Å². The van der Waals surface area contributed by atoms with E-state index in [0.29, 0.717) is 25.2 Å². The van der Waals surface area contributed by atoms with Crippen LogP contribution in [0, 0.1) is 11.3 Å². The molecule has 2 amide bonds. The Balaban J connectivity index is 1.71. The highest BCUT2D eigenvalue weighted by molar-refractivity contribution is 7.98. The number of methoxy groups -OCH3 is 1. The lowest BCUT2D eigenvalue weighted by atomic mass is 9.81. The van der Waals surface area contributed by atoms with Crippen molar-refractivity contribution in [3.63, 3.8) is 0 Å². The van der Waals surface area contributed by atoms with Crippen LogP contribution in [0.15, 0.2) is 23.1 Å². The maximum absolute atomic E-state index is 12.5. The number of hydrogen-bond donors (Lipinski definition) is 2. The number of thioether (sulfide) groups is 1. The lowest BCUT2D eigenvalue weighted by Crippen LogP contribution is -2.38. The van der Waals surface area contributed by atoms with Gasteiger partial charge in [-0.1, -0.05) is 6.42 Å². The minimum absolute atomic E-state index is 0.0679. The fourth-order valence-corrected chi connectivity index (χ4v) is 4.51. The van der Waals surface area contributed by atoms with Crippen LogP contribution in [0.5, 0.6) is 5.75 Å². The monoisotopic (exact) mass is 350 g/mol. The molecule has 3 rings (SSSR count). The summed E-state index contributed by atoms with van der Waals surface area (Å²) in [4.78, 5) is 26.8. The predicted molar refractivity (Wildman–Crippen MR) is 92.8 cm³/mol. The number of urea groups is 1. The zero-order valence-electron chi connectivity index (χ0n) is 13.9. The van der Waals surface area contributed by atoms with Crippen LogP contribution in [0.25, 0.3) is 0 Å². The highest BCUT2D eigenvalue weighted by atomic mass is 32.2. The van der Waals surface area contributed by atoms with Crippen LogP contribution >= 0.6 is 11.8 Å². The lowest BCUT2D eigenvalue weighted by molar-refractivity contribution is -0.149. The SMILES string of the molecule is COc1ccc(NC(=O)N2C[C@@H]3CCC[C@@]3(C(=O)O)C2)cc1SC. The molecule has 0 spiro atoms. The summed E-state index contributed by atoms with van der Waals surface area (Å²) in [6, 6.07) is 5.24. The third kappa shape index (κ3) is 2.81. The van der Waals surface area contributed by atoms with Gasteiger partial charge in [-0.05, 0) is 43.2 Å². The number of aliphatic carboxylic acids is 1. The number of anilines is 1. The van der Waals surface area contributed by atoms with Crippen molar-refractivity contribution in [2.24, 2.45) is 11.3 Å². The lowest BCUT2D eigenvalue weighted by Gasteiger charge is -2.23. The molecule has 7 heteroatoms. The number of benzene rings is 1. The molecule has 0 aromatic heterocycles. The molecule has 1 aliphatic carbocycles. The van der Waals surface area contributed by atoms with Gasteiger partial charge in [0.1, 0.15) is 5.75 Å². The van der Waals surface area contributed by atoms with Crippen molar-refractivity contribution in [2.45, 2.75) is 24.2 Å². The molecule has 1 saturated carbocycles. The van der Waals surface area contributed by atoms with Crippen LogP contribution in [0.3, 0.4) is 0 Å². The Labute approximate surface area is 145 Å². The smallest absolute Gasteiger partial charge is 0.321 e. The van der Waals surface area contributed by atoms with Gasteiger partial charge in [0, 0.05) is 18.8 Å². The molecule has 130 valence electrons. The van der Waals surface area contributed by atoms with Crippen LogP contribution in [0.2, 0.25) is 0 Å². The molecule has 1 aliphatic heterocycles. The topological polar surface area (TPSA) is 78.9 Å². The van der Waals surface area contributed by atoms with E-state index in [2.05, 4.69) is 5.32 Å². The van der Waals surface area contributed by atoms with Gasteiger partial charge in [-0.2, -0.15) is 0 Å². The second-order valence-corrected chi connectivity index (χ2v) is 7.28. The van der Waals surface area contributed by atoms with Crippen LogP contribution in [-0.2, 0) is 4.79 Å². The van der Waals surface area contributed by atoms with E-state index in [-0.39, 0.29) is 11.9 Å². The van der Waals surface area contributed by atoms with Gasteiger partial charge in [-0.3, -0.25) is 4.79 Å². The van der Waals surface area contributed by atoms with Crippen molar-refractivity contribution in [3.05, 3.63) is 18.2 Å². The van der Waals surface area contributed by atoms with E-state index in [4.69, 9.17) is 4.74 Å². The normalized spacial score (nSPS) is 25.4. The first-order valence-corrected chi connectivity index (χ1v) is 9.24. The summed E-state index contributed by atoms with van der Waals surface area (Å²) >= 11 is 1.54. The molecule has 2 fully saturated rings. The highest BCUT2D eigenvalue weighted by Gasteiger charge is 2.55. The summed E-state index contributed by atoms with van der Waals surface area (Å²) in [5.74, 6) is 0.0637. The molecule has 1 aromatic carbocycles. The largest absolute Gasteiger partial charge is 0.496 e. The Hall–Kier alpha value is -1.89. The van der Waals surface area contributed by atoms with Gasteiger partial charge in [0.2, 0.25) is 0 Å². The van der Waals surface area contributed by atoms with Gasteiger partial charge in [0.05, 0.1) is 17.4 Å². The number of nitrogens with zero attached hydrogens (tertiary/aromatic N) is 1. The Kier molecular flexibility index (Phi) is 4.62. The van der Waals surface area contributed by atoms with Gasteiger partial charge >= 0.3 is 12.0 Å². The summed E-state index contributed by atoms with van der Waals surface area (Å²) in [7, 11) is 1.61. The maximum Gasteiger partial charge on any atom is 0.321 e. The molecule has 0 radical (unpaired) electrons. The van der Waals surface area contributed by atoms with Gasteiger partial charge in [-0.25, -0.2) is 4.79 Å². The number of carbonyl (C=O) groups is 2. The predicted octanol–water partition coefficient (Wildman–Crippen LogP) is 3.14. The fraction of sp³-hybridized carbons (Fsp3) is 0.529. The number of amides is 2. The van der Waals surface area contributed by atoms with Crippen molar-refractivity contribution < 1.29 is 19.4 Å². The molecule has 2 atom stereocenters. The Morgan fingerprint density at radius 2 is 2.25 bits per heavy atom. The average molecular weight is 350 g/mol. The summed E-state index contributed by atoms with van der Waals surface area (Å²) in [6.45, 7) is 0.814. The Morgan fingerprint density at radius 3 is 2.88 bits per heavy atom. The second-order valence-electron chi connectivity index (χ2n) is 6.43.